The van der Waals surface area contributed by atoms with Crippen molar-refractivity contribution in [1.29, 1.82) is 0 Å². The quantitative estimate of drug-likeness (QED) is 0.649. The van der Waals surface area contributed by atoms with Crippen LogP contribution in [0.15, 0.2) is 66.7 Å². The molecule has 1 heterocycles. The van der Waals surface area contributed by atoms with Gasteiger partial charge in [0, 0.05) is 11.3 Å². The van der Waals surface area contributed by atoms with Crippen LogP contribution in [-0.4, -0.2) is 10.9 Å². The summed E-state index contributed by atoms with van der Waals surface area (Å²) in [5.41, 5.74) is 11.6. The number of hydrogen-bond donors (Lipinski definition) is 1. The number of aromatic nitrogens is 1. The van der Waals surface area contributed by atoms with Crippen molar-refractivity contribution < 1.29 is 4.79 Å². The summed E-state index contributed by atoms with van der Waals surface area (Å²) in [5.74, 6) is -0.281. The summed E-state index contributed by atoms with van der Waals surface area (Å²) >= 11 is 0. The number of pyridine rings is 1. The molecular weight excluding hydrogens is 344 g/mol. The summed E-state index contributed by atoms with van der Waals surface area (Å²) in [6.07, 6.45) is 4.49. The zero-order valence-electron chi connectivity index (χ0n) is 16.3. The molecule has 2 aromatic carbocycles. The molecule has 1 aliphatic rings. The Bertz CT molecular complexity index is 996. The van der Waals surface area contributed by atoms with E-state index in [4.69, 9.17) is 10.7 Å². The predicted molar refractivity (Wildman–Crippen MR) is 113 cm³/mol. The van der Waals surface area contributed by atoms with Gasteiger partial charge >= 0.3 is 0 Å². The van der Waals surface area contributed by atoms with Crippen molar-refractivity contribution in [3.05, 3.63) is 89.1 Å². The molecule has 0 radical (unpaired) electrons. The summed E-state index contributed by atoms with van der Waals surface area (Å²) in [6, 6.07) is 22.7. The topological polar surface area (TPSA) is 56.0 Å². The molecule has 4 rings (SSSR count). The van der Waals surface area contributed by atoms with Crippen LogP contribution in [0.25, 0.3) is 11.3 Å². The Balaban J connectivity index is 1.75. The SMILES string of the molecule is CCCc1ccc2c(n1)-c1ccccc1C2(CCCc1ccccc1)C(N)=O. The third kappa shape index (κ3) is 3.01. The molecule has 142 valence electrons. The molecular formula is C25H26N2O. The Morgan fingerprint density at radius 3 is 2.43 bits per heavy atom. The van der Waals surface area contributed by atoms with Gasteiger partial charge in [-0.1, -0.05) is 74.0 Å². The van der Waals surface area contributed by atoms with E-state index >= 15 is 0 Å². The summed E-state index contributed by atoms with van der Waals surface area (Å²) in [5, 5.41) is 0. The Kier molecular flexibility index (Phi) is 4.99. The molecule has 2 N–H and O–H groups in total. The van der Waals surface area contributed by atoms with Crippen molar-refractivity contribution >= 4 is 5.91 Å². The van der Waals surface area contributed by atoms with E-state index in [1.165, 1.54) is 5.56 Å². The van der Waals surface area contributed by atoms with Gasteiger partial charge in [0.05, 0.1) is 5.69 Å². The summed E-state index contributed by atoms with van der Waals surface area (Å²) in [7, 11) is 0. The summed E-state index contributed by atoms with van der Waals surface area (Å²) < 4.78 is 0. The number of carbonyl (C=O) groups is 1. The van der Waals surface area contributed by atoms with E-state index in [0.29, 0.717) is 6.42 Å². The van der Waals surface area contributed by atoms with Crippen molar-refractivity contribution in [3.63, 3.8) is 0 Å². The number of carbonyl (C=O) groups excluding carboxylic acids is 1. The normalized spacial score (nSPS) is 17.2. The van der Waals surface area contributed by atoms with Crippen LogP contribution in [0, 0.1) is 0 Å². The Labute approximate surface area is 166 Å². The molecule has 28 heavy (non-hydrogen) atoms. The molecule has 1 aliphatic carbocycles. The van der Waals surface area contributed by atoms with E-state index in [9.17, 15) is 4.79 Å². The predicted octanol–water partition coefficient (Wildman–Crippen LogP) is 4.81. The molecule has 1 atom stereocenters. The molecule has 3 heteroatoms. The molecule has 1 unspecified atom stereocenters. The maximum absolute atomic E-state index is 12.9. The van der Waals surface area contributed by atoms with Crippen molar-refractivity contribution in [2.24, 2.45) is 5.73 Å². The van der Waals surface area contributed by atoms with Gasteiger partial charge in [-0.25, -0.2) is 0 Å². The van der Waals surface area contributed by atoms with Gasteiger partial charge in [0.2, 0.25) is 5.91 Å². The Hall–Kier alpha value is -2.94. The lowest BCUT2D eigenvalue weighted by molar-refractivity contribution is -0.122. The first-order valence-electron chi connectivity index (χ1n) is 10.1. The molecule has 0 saturated heterocycles. The standard InChI is InChI=1S/C25H26N2O/c1-2-9-19-15-16-22-23(27-19)20-13-6-7-14-21(20)25(22,24(26)28)17-8-12-18-10-4-3-5-11-18/h3-7,10-11,13-16H,2,8-9,12,17H2,1H3,(H2,26,28). The third-order valence-electron chi connectivity index (χ3n) is 5.84. The fraction of sp³-hybridized carbons (Fsp3) is 0.280. The monoisotopic (exact) mass is 370 g/mol. The van der Waals surface area contributed by atoms with Crippen LogP contribution in [0.5, 0.6) is 0 Å². The average molecular weight is 370 g/mol. The second kappa shape index (κ2) is 7.59. The summed E-state index contributed by atoms with van der Waals surface area (Å²) in [4.78, 5) is 17.8. The number of aryl methyl sites for hydroxylation is 2. The number of nitrogens with two attached hydrogens (primary N) is 1. The third-order valence-corrected chi connectivity index (χ3v) is 5.84. The molecule has 3 aromatic rings. The van der Waals surface area contributed by atoms with Gasteiger partial charge in [-0.05, 0) is 48.4 Å². The smallest absolute Gasteiger partial charge is 0.232 e. The Morgan fingerprint density at radius 1 is 0.929 bits per heavy atom. The lowest BCUT2D eigenvalue weighted by atomic mass is 9.73. The average Bonchev–Trinajstić information content (AvgIpc) is 3.00. The van der Waals surface area contributed by atoms with E-state index in [1.54, 1.807) is 0 Å². The molecule has 0 fully saturated rings. The number of rotatable bonds is 7. The first-order chi connectivity index (χ1) is 13.7. The zero-order valence-corrected chi connectivity index (χ0v) is 16.3. The second-order valence-corrected chi connectivity index (χ2v) is 7.60. The van der Waals surface area contributed by atoms with Crippen LogP contribution in [-0.2, 0) is 23.1 Å². The molecule has 1 aromatic heterocycles. The highest BCUT2D eigenvalue weighted by molar-refractivity contribution is 5.99. The molecule has 1 amide bonds. The molecule has 0 spiro atoms. The first-order valence-corrected chi connectivity index (χ1v) is 10.1. The minimum Gasteiger partial charge on any atom is -0.369 e. The van der Waals surface area contributed by atoms with E-state index in [1.807, 2.05) is 24.3 Å². The first kappa shape index (κ1) is 18.4. The minimum atomic E-state index is -0.793. The fourth-order valence-corrected chi connectivity index (χ4v) is 4.51. The van der Waals surface area contributed by atoms with Gasteiger partial charge in [-0.15, -0.1) is 0 Å². The van der Waals surface area contributed by atoms with Gasteiger partial charge in [0.15, 0.2) is 0 Å². The van der Waals surface area contributed by atoms with Crippen molar-refractivity contribution in [3.8, 4) is 11.3 Å². The lowest BCUT2D eigenvalue weighted by Gasteiger charge is -2.28. The van der Waals surface area contributed by atoms with E-state index in [0.717, 1.165) is 53.8 Å². The highest BCUT2D eigenvalue weighted by Gasteiger charge is 2.48. The minimum absolute atomic E-state index is 0.281. The maximum atomic E-state index is 12.9. The number of primary amides is 1. The van der Waals surface area contributed by atoms with Crippen molar-refractivity contribution in [1.82, 2.24) is 4.98 Å². The highest BCUT2D eigenvalue weighted by Crippen LogP contribution is 2.50. The van der Waals surface area contributed by atoms with Crippen molar-refractivity contribution in [2.75, 3.05) is 0 Å². The Morgan fingerprint density at radius 2 is 1.68 bits per heavy atom. The van der Waals surface area contributed by atoms with Crippen LogP contribution >= 0.6 is 0 Å². The maximum Gasteiger partial charge on any atom is 0.232 e. The van der Waals surface area contributed by atoms with Gasteiger partial charge in [0.25, 0.3) is 0 Å². The van der Waals surface area contributed by atoms with Crippen LogP contribution in [0.2, 0.25) is 0 Å². The molecule has 0 bridgehead atoms. The van der Waals surface area contributed by atoms with Crippen LogP contribution < -0.4 is 5.73 Å². The summed E-state index contributed by atoms with van der Waals surface area (Å²) in [6.45, 7) is 2.15. The number of benzene rings is 2. The fourth-order valence-electron chi connectivity index (χ4n) is 4.51. The van der Waals surface area contributed by atoms with Gasteiger partial charge in [-0.3, -0.25) is 9.78 Å². The number of hydrogen-bond acceptors (Lipinski definition) is 2. The highest BCUT2D eigenvalue weighted by atomic mass is 16.1. The van der Waals surface area contributed by atoms with E-state index in [-0.39, 0.29) is 5.91 Å². The van der Waals surface area contributed by atoms with Crippen LogP contribution in [0.3, 0.4) is 0 Å². The largest absolute Gasteiger partial charge is 0.369 e. The lowest BCUT2D eigenvalue weighted by Crippen LogP contribution is -2.41. The van der Waals surface area contributed by atoms with Crippen LogP contribution in [0.4, 0.5) is 0 Å². The van der Waals surface area contributed by atoms with Gasteiger partial charge in [0.1, 0.15) is 5.41 Å². The van der Waals surface area contributed by atoms with Crippen molar-refractivity contribution in [2.45, 2.75) is 44.4 Å². The molecule has 3 nitrogen and oxygen atoms in total. The van der Waals surface area contributed by atoms with E-state index < -0.39 is 5.41 Å². The van der Waals surface area contributed by atoms with Gasteiger partial charge < -0.3 is 5.73 Å². The van der Waals surface area contributed by atoms with E-state index in [2.05, 4.69) is 49.4 Å². The number of amides is 1. The number of nitrogens with zero attached hydrogens (tertiary/aromatic N) is 1. The molecule has 0 aliphatic heterocycles. The zero-order chi connectivity index (χ0) is 19.6. The van der Waals surface area contributed by atoms with Gasteiger partial charge in [-0.2, -0.15) is 0 Å². The number of fused-ring (bicyclic) bond motifs is 3. The molecule has 0 saturated carbocycles. The second-order valence-electron chi connectivity index (χ2n) is 7.60. The van der Waals surface area contributed by atoms with Crippen LogP contribution in [0.1, 0.15) is 48.6 Å².